The number of rotatable bonds is 0. The maximum Gasteiger partial charge on any atom is 0.0425 e. The number of likely N-dealkylation sites (N-methyl/N-ethyl adjacent to an activating group) is 1. The molecule has 3 heteroatoms. The zero-order valence-electron chi connectivity index (χ0n) is 7.01. The van der Waals surface area contributed by atoms with Crippen LogP contribution < -0.4 is 5.09 Å². The van der Waals surface area contributed by atoms with Crippen LogP contribution in [0.5, 0.6) is 0 Å². The van der Waals surface area contributed by atoms with Crippen LogP contribution in [0.1, 0.15) is 19.3 Å². The lowest BCUT2D eigenvalue weighted by Gasteiger charge is -2.38. The molecular weight excluding hydrogens is 155 g/mol. The van der Waals surface area contributed by atoms with E-state index in [2.05, 4.69) is 22.8 Å². The molecule has 2 nitrogen and oxygen atoms in total. The van der Waals surface area contributed by atoms with E-state index in [-0.39, 0.29) is 0 Å². The highest BCUT2D eigenvalue weighted by molar-refractivity contribution is 7.36. The van der Waals surface area contributed by atoms with Gasteiger partial charge in [0.2, 0.25) is 0 Å². The Balaban J connectivity index is 2.02. The fourth-order valence-electron chi connectivity index (χ4n) is 2.07. The second-order valence-electron chi connectivity index (χ2n) is 3.75. The molecule has 0 bridgehead atoms. The van der Waals surface area contributed by atoms with Crippen molar-refractivity contribution in [2.24, 2.45) is 0 Å². The van der Waals surface area contributed by atoms with Crippen LogP contribution in [0.3, 0.4) is 0 Å². The largest absolute Gasteiger partial charge is 0.305 e. The average molecular weight is 170 g/mol. The maximum absolute atomic E-state index is 3.58. The van der Waals surface area contributed by atoms with Crippen LogP contribution in [0.2, 0.25) is 0 Å². The number of piperidine rings is 1. The Morgan fingerprint density at radius 2 is 2.55 bits per heavy atom. The lowest BCUT2D eigenvalue weighted by atomic mass is 9.88. The first-order valence-corrected chi connectivity index (χ1v) is 5.24. The molecule has 0 aromatic rings. The van der Waals surface area contributed by atoms with Crippen molar-refractivity contribution in [1.29, 1.82) is 0 Å². The summed E-state index contributed by atoms with van der Waals surface area (Å²) >= 11 is 0. The van der Waals surface area contributed by atoms with Gasteiger partial charge in [0, 0.05) is 12.1 Å². The smallest absolute Gasteiger partial charge is 0.0425 e. The van der Waals surface area contributed by atoms with Crippen molar-refractivity contribution in [2.75, 3.05) is 20.1 Å². The van der Waals surface area contributed by atoms with Crippen LogP contribution in [0.4, 0.5) is 0 Å². The van der Waals surface area contributed by atoms with E-state index in [1.165, 1.54) is 40.7 Å². The Hall–Kier alpha value is 0.0900. The molecule has 62 valence electrons. The van der Waals surface area contributed by atoms with Crippen LogP contribution in [0, 0.1) is 0 Å². The standard InChI is InChI=1S/C8H15N2P/c1-10-5-2-3-8(7-10)4-6-11-9-8/h6,9H,2-5,7H2,1H3. The van der Waals surface area contributed by atoms with E-state index in [4.69, 9.17) is 0 Å². The summed E-state index contributed by atoms with van der Waals surface area (Å²) in [5.74, 6) is 2.35. The Morgan fingerprint density at radius 3 is 3.18 bits per heavy atom. The Morgan fingerprint density at radius 1 is 1.64 bits per heavy atom. The first kappa shape index (κ1) is 7.72. The number of nitrogens with one attached hydrogen (secondary N) is 1. The quantitative estimate of drug-likeness (QED) is 0.548. The summed E-state index contributed by atoms with van der Waals surface area (Å²) in [6, 6.07) is 0. The molecule has 0 amide bonds. The predicted octanol–water partition coefficient (Wildman–Crippen LogP) is 1.11. The summed E-state index contributed by atoms with van der Waals surface area (Å²) in [6.45, 7) is 2.51. The molecule has 0 aromatic heterocycles. The molecule has 1 N–H and O–H groups in total. The van der Waals surface area contributed by atoms with Crippen LogP contribution in [-0.4, -0.2) is 36.4 Å². The van der Waals surface area contributed by atoms with E-state index in [9.17, 15) is 0 Å². The molecule has 1 saturated heterocycles. The highest BCUT2D eigenvalue weighted by Crippen LogP contribution is 2.29. The Kier molecular flexibility index (Phi) is 2.00. The average Bonchev–Trinajstić information content (AvgIpc) is 2.37. The maximum atomic E-state index is 3.58. The highest BCUT2D eigenvalue weighted by Gasteiger charge is 2.34. The van der Waals surface area contributed by atoms with Crippen LogP contribution in [0.15, 0.2) is 0 Å². The van der Waals surface area contributed by atoms with E-state index in [0.717, 1.165) is 0 Å². The fraction of sp³-hybridized carbons (Fsp3) is 0.875. The molecule has 0 aliphatic carbocycles. The van der Waals surface area contributed by atoms with Crippen molar-refractivity contribution < 1.29 is 0 Å². The first-order valence-electron chi connectivity index (χ1n) is 4.28. The third kappa shape index (κ3) is 1.48. The lowest BCUT2D eigenvalue weighted by molar-refractivity contribution is 0.175. The van der Waals surface area contributed by atoms with E-state index in [0.29, 0.717) is 5.54 Å². The molecule has 2 aliphatic heterocycles. The van der Waals surface area contributed by atoms with Gasteiger partial charge in [0.05, 0.1) is 0 Å². The molecular formula is C8H15N2P. The summed E-state index contributed by atoms with van der Waals surface area (Å²) in [6.07, 6.45) is 3.98. The second-order valence-corrected chi connectivity index (χ2v) is 4.60. The number of likely N-dealkylation sites (tertiary alicyclic amines) is 1. The summed E-state index contributed by atoms with van der Waals surface area (Å²) in [5.41, 5.74) is 0.453. The topological polar surface area (TPSA) is 15.3 Å². The highest BCUT2D eigenvalue weighted by atomic mass is 31.1. The summed E-state index contributed by atoms with van der Waals surface area (Å²) < 4.78 is 0. The number of hydrogen-bond acceptors (Lipinski definition) is 2. The predicted molar refractivity (Wildman–Crippen MR) is 50.2 cm³/mol. The first-order chi connectivity index (χ1) is 5.31. The third-order valence-corrected chi connectivity index (χ3v) is 3.61. The molecule has 1 unspecified atom stereocenters. The van der Waals surface area contributed by atoms with Gasteiger partial charge in [0.1, 0.15) is 0 Å². The van der Waals surface area contributed by atoms with Crippen LogP contribution >= 0.6 is 8.35 Å². The minimum atomic E-state index is 0.453. The molecule has 0 saturated carbocycles. The van der Waals surface area contributed by atoms with Crippen molar-refractivity contribution in [2.45, 2.75) is 24.8 Å². The molecule has 0 radical (unpaired) electrons. The van der Waals surface area contributed by atoms with Gasteiger partial charge in [0.25, 0.3) is 0 Å². The van der Waals surface area contributed by atoms with E-state index >= 15 is 0 Å². The lowest BCUT2D eigenvalue weighted by Crippen LogP contribution is -2.51. The Bertz CT molecular complexity index is 171. The van der Waals surface area contributed by atoms with Gasteiger partial charge in [-0.25, -0.2) is 0 Å². The minimum Gasteiger partial charge on any atom is -0.305 e. The van der Waals surface area contributed by atoms with Gasteiger partial charge in [-0.15, -0.1) is 0 Å². The van der Waals surface area contributed by atoms with Gasteiger partial charge in [-0.1, -0.05) is 0 Å². The normalized spacial score (nSPS) is 40.1. The number of nitrogens with zero attached hydrogens (tertiary/aromatic N) is 1. The van der Waals surface area contributed by atoms with Crippen LogP contribution in [0.25, 0.3) is 0 Å². The van der Waals surface area contributed by atoms with Gasteiger partial charge in [-0.2, -0.15) is 0 Å². The summed E-state index contributed by atoms with van der Waals surface area (Å²) in [5, 5.41) is 3.58. The molecule has 11 heavy (non-hydrogen) atoms. The molecule has 1 spiro atoms. The second kappa shape index (κ2) is 2.85. The zero-order chi connectivity index (χ0) is 7.73. The molecule has 2 rings (SSSR count). The number of hydrogen-bond donors (Lipinski definition) is 1. The molecule has 1 fully saturated rings. The van der Waals surface area contributed by atoms with Gasteiger partial charge < -0.3 is 4.90 Å². The zero-order valence-corrected chi connectivity index (χ0v) is 7.90. The van der Waals surface area contributed by atoms with Crippen molar-refractivity contribution in [3.63, 3.8) is 0 Å². The Labute approximate surface area is 69.8 Å². The van der Waals surface area contributed by atoms with E-state index in [1.807, 2.05) is 0 Å². The molecule has 2 heterocycles. The monoisotopic (exact) mass is 170 g/mol. The van der Waals surface area contributed by atoms with Crippen molar-refractivity contribution in [1.82, 2.24) is 9.99 Å². The van der Waals surface area contributed by atoms with Crippen LogP contribution in [-0.2, 0) is 0 Å². The van der Waals surface area contributed by atoms with Crippen molar-refractivity contribution in [3.8, 4) is 0 Å². The third-order valence-electron chi connectivity index (χ3n) is 2.64. The van der Waals surface area contributed by atoms with Crippen molar-refractivity contribution >= 4 is 14.2 Å². The van der Waals surface area contributed by atoms with E-state index in [1.54, 1.807) is 0 Å². The van der Waals surface area contributed by atoms with Gasteiger partial charge >= 0.3 is 0 Å². The van der Waals surface area contributed by atoms with E-state index < -0.39 is 0 Å². The van der Waals surface area contributed by atoms with Gasteiger partial charge in [-0.05, 0) is 47.0 Å². The summed E-state index contributed by atoms with van der Waals surface area (Å²) in [4.78, 5) is 2.44. The van der Waals surface area contributed by atoms with Crippen molar-refractivity contribution in [3.05, 3.63) is 0 Å². The molecule has 2 aliphatic rings. The van der Waals surface area contributed by atoms with Gasteiger partial charge in [-0.3, -0.25) is 5.09 Å². The fourth-order valence-corrected chi connectivity index (χ4v) is 3.15. The minimum absolute atomic E-state index is 0.453. The summed E-state index contributed by atoms with van der Waals surface area (Å²) in [7, 11) is 3.56. The SMILES string of the molecule is CN1CCCC2(CC=PN2)C1. The molecule has 1 atom stereocenters. The molecule has 0 aromatic carbocycles. The van der Waals surface area contributed by atoms with Gasteiger partial charge in [0.15, 0.2) is 0 Å².